The average molecular weight is 604 g/mol. The molecule has 0 radical (unpaired) electrons. The Bertz CT molecular complexity index is 2820. The van der Waals surface area contributed by atoms with Crippen molar-refractivity contribution < 1.29 is 6.85 Å². The largest absolute Gasteiger partial charge is 0.292 e. The minimum atomic E-state index is -0.437. The molecule has 0 amide bonds. The van der Waals surface area contributed by atoms with Crippen molar-refractivity contribution in [3.8, 4) is 50.5 Å². The Morgan fingerprint density at radius 3 is 1.85 bits per heavy atom. The zero-order valence-electron chi connectivity index (χ0n) is 30.3. The summed E-state index contributed by atoms with van der Waals surface area (Å²) >= 11 is 0. The molecule has 220 valence electrons. The Kier molecular flexibility index (Phi) is 5.35. The number of hydrogen-bond acceptors (Lipinski definition) is 1. The number of hydrogen-bond donors (Lipinski definition) is 0. The highest BCUT2D eigenvalue weighted by molar-refractivity contribution is 6.22. The molecule has 0 aliphatic rings. The molecule has 9 aromatic rings. The van der Waals surface area contributed by atoms with Crippen molar-refractivity contribution in [2.45, 2.75) is 0 Å². The van der Waals surface area contributed by atoms with Gasteiger partial charge in [-0.25, -0.2) is 4.98 Å². The first-order chi connectivity index (χ1) is 25.4. The van der Waals surface area contributed by atoms with E-state index in [2.05, 4.69) is 97.1 Å². The van der Waals surface area contributed by atoms with Crippen LogP contribution in [0.15, 0.2) is 182 Å². The average Bonchev–Trinajstić information content (AvgIpc) is 3.57. The van der Waals surface area contributed by atoms with Crippen LogP contribution in [0.5, 0.6) is 0 Å². The fourth-order valence-corrected chi connectivity index (χ4v) is 6.87. The lowest BCUT2D eigenvalue weighted by molar-refractivity contribution is 1.10. The van der Waals surface area contributed by atoms with Gasteiger partial charge in [-0.1, -0.05) is 158 Å². The first kappa shape index (κ1) is 22.3. The molecule has 9 rings (SSSR count). The van der Waals surface area contributed by atoms with Crippen LogP contribution in [-0.2, 0) is 0 Å². The van der Waals surface area contributed by atoms with Gasteiger partial charge in [0.05, 0.1) is 23.6 Å². The molecular weight excluding hydrogens is 569 g/mol. The van der Waals surface area contributed by atoms with Gasteiger partial charge in [0.15, 0.2) is 0 Å². The predicted molar refractivity (Wildman–Crippen MR) is 198 cm³/mol. The van der Waals surface area contributed by atoms with Crippen LogP contribution in [0.1, 0.15) is 6.85 Å². The summed E-state index contributed by atoms with van der Waals surface area (Å²) in [5, 5.41) is 4.36. The minimum absolute atomic E-state index is 0.0543. The lowest BCUT2D eigenvalue weighted by Gasteiger charge is -2.21. The van der Waals surface area contributed by atoms with E-state index in [4.69, 9.17) is 11.8 Å². The van der Waals surface area contributed by atoms with Crippen LogP contribution < -0.4 is 0 Å². The molecule has 2 heteroatoms. The van der Waals surface area contributed by atoms with E-state index < -0.39 is 18.1 Å². The number of rotatable bonds is 5. The van der Waals surface area contributed by atoms with Crippen molar-refractivity contribution in [2.75, 3.05) is 0 Å². The van der Waals surface area contributed by atoms with Crippen molar-refractivity contribution in [1.29, 1.82) is 0 Å². The maximum atomic E-state index is 8.91. The third kappa shape index (κ3) is 4.54. The highest BCUT2D eigenvalue weighted by Crippen LogP contribution is 2.46. The molecular formula is C45H30N2. The van der Waals surface area contributed by atoms with E-state index in [1.54, 1.807) is 0 Å². The summed E-state index contributed by atoms with van der Waals surface area (Å²) in [5.74, 6) is 0.284. The van der Waals surface area contributed by atoms with Crippen LogP contribution >= 0.6 is 0 Å². The summed E-state index contributed by atoms with van der Waals surface area (Å²) in [7, 11) is 0. The van der Waals surface area contributed by atoms with Gasteiger partial charge in [-0.05, 0) is 73.6 Å². The predicted octanol–water partition coefficient (Wildman–Crippen LogP) is 12.0. The SMILES string of the molecule is [2H]c1c([2H])c([2H])c(-c2nc3ccccc3n2-c2ccccc2-c2c3ccccc3c(-c3ccccc3)c3cc(-c4ccccc4)ccc23)c([2H])c1[2H]. The third-order valence-corrected chi connectivity index (χ3v) is 8.89. The number of para-hydroxylation sites is 3. The second kappa shape index (κ2) is 11.3. The maximum Gasteiger partial charge on any atom is 0.145 e. The molecule has 1 heterocycles. The molecule has 0 saturated carbocycles. The van der Waals surface area contributed by atoms with Gasteiger partial charge in [0.1, 0.15) is 5.82 Å². The monoisotopic (exact) mass is 603 g/mol. The topological polar surface area (TPSA) is 17.8 Å². The Morgan fingerprint density at radius 1 is 0.447 bits per heavy atom. The van der Waals surface area contributed by atoms with E-state index in [0.29, 0.717) is 5.52 Å². The molecule has 2 nitrogen and oxygen atoms in total. The molecule has 0 saturated heterocycles. The van der Waals surface area contributed by atoms with Crippen molar-refractivity contribution in [2.24, 2.45) is 0 Å². The van der Waals surface area contributed by atoms with Crippen molar-refractivity contribution >= 4 is 32.6 Å². The summed E-state index contributed by atoms with van der Waals surface area (Å²) in [5.41, 5.74) is 8.73. The zero-order chi connectivity index (χ0) is 35.5. The van der Waals surface area contributed by atoms with Crippen LogP contribution in [0, 0.1) is 0 Å². The number of fused-ring (bicyclic) bond motifs is 3. The summed E-state index contributed by atoms with van der Waals surface area (Å²) in [6, 6.07) is 50.0. The molecule has 0 atom stereocenters. The second-order valence-electron chi connectivity index (χ2n) is 11.6. The molecule has 0 spiro atoms. The van der Waals surface area contributed by atoms with Crippen LogP contribution in [0.2, 0.25) is 0 Å². The van der Waals surface area contributed by atoms with Crippen LogP contribution in [0.25, 0.3) is 83.0 Å². The second-order valence-corrected chi connectivity index (χ2v) is 11.6. The zero-order valence-corrected chi connectivity index (χ0v) is 25.3. The Hall–Kier alpha value is -6.25. The minimum Gasteiger partial charge on any atom is -0.292 e. The molecule has 0 bridgehead atoms. The molecule has 0 fully saturated rings. The third-order valence-electron chi connectivity index (χ3n) is 8.89. The van der Waals surface area contributed by atoms with E-state index in [1.807, 2.05) is 59.2 Å². The van der Waals surface area contributed by atoms with Crippen molar-refractivity contribution in [3.05, 3.63) is 182 Å². The Balaban J connectivity index is 1.42. The lowest BCUT2D eigenvalue weighted by Crippen LogP contribution is -2.01. The fourth-order valence-electron chi connectivity index (χ4n) is 6.87. The summed E-state index contributed by atoms with van der Waals surface area (Å²) in [4.78, 5) is 4.95. The normalized spacial score (nSPS) is 12.9. The van der Waals surface area contributed by atoms with E-state index in [1.165, 1.54) is 0 Å². The summed E-state index contributed by atoms with van der Waals surface area (Å²) in [6.07, 6.45) is 0. The highest BCUT2D eigenvalue weighted by atomic mass is 15.1. The van der Waals surface area contributed by atoms with Crippen LogP contribution in [0.3, 0.4) is 0 Å². The van der Waals surface area contributed by atoms with Gasteiger partial charge in [-0.15, -0.1) is 0 Å². The van der Waals surface area contributed by atoms with Gasteiger partial charge >= 0.3 is 0 Å². The number of imidazole rings is 1. The van der Waals surface area contributed by atoms with Gasteiger partial charge in [-0.2, -0.15) is 0 Å². The van der Waals surface area contributed by atoms with E-state index >= 15 is 0 Å². The molecule has 47 heavy (non-hydrogen) atoms. The van der Waals surface area contributed by atoms with Crippen molar-refractivity contribution in [3.63, 3.8) is 0 Å². The molecule has 0 N–H and O–H groups in total. The van der Waals surface area contributed by atoms with E-state index in [9.17, 15) is 0 Å². The molecule has 0 unspecified atom stereocenters. The number of benzene rings is 8. The molecule has 0 aliphatic carbocycles. The fraction of sp³-hybridized carbons (Fsp3) is 0. The van der Waals surface area contributed by atoms with Crippen LogP contribution in [-0.4, -0.2) is 9.55 Å². The van der Waals surface area contributed by atoms with Gasteiger partial charge in [0, 0.05) is 11.1 Å². The van der Waals surface area contributed by atoms with Gasteiger partial charge < -0.3 is 0 Å². The van der Waals surface area contributed by atoms with E-state index in [0.717, 1.165) is 66.1 Å². The standard InChI is InChI=1S/C45H30N2/c1-4-16-31(17-5-1)34-28-29-37-39(30-34)43(32-18-6-2-7-19-32)35-22-10-11-23-36(35)44(37)38-24-12-14-26-41(38)47-42-27-15-13-25-40(42)46-45(47)33-20-8-3-9-21-33/h1-30H/i3D,8D,9D,20D,21D. The smallest absolute Gasteiger partial charge is 0.145 e. The Morgan fingerprint density at radius 2 is 1.06 bits per heavy atom. The lowest BCUT2D eigenvalue weighted by atomic mass is 9.84. The van der Waals surface area contributed by atoms with Crippen molar-refractivity contribution in [1.82, 2.24) is 9.55 Å². The molecule has 1 aromatic heterocycles. The molecule has 0 aliphatic heterocycles. The van der Waals surface area contributed by atoms with Gasteiger partial charge in [-0.3, -0.25) is 4.57 Å². The summed E-state index contributed by atoms with van der Waals surface area (Å²) in [6.45, 7) is 0. The number of nitrogens with zero attached hydrogens (tertiary/aromatic N) is 2. The quantitative estimate of drug-likeness (QED) is 0.179. The first-order valence-corrected chi connectivity index (χ1v) is 15.7. The van der Waals surface area contributed by atoms with Crippen LogP contribution in [0.4, 0.5) is 0 Å². The summed E-state index contributed by atoms with van der Waals surface area (Å²) < 4.78 is 45.0. The van der Waals surface area contributed by atoms with Gasteiger partial charge in [0.2, 0.25) is 0 Å². The van der Waals surface area contributed by atoms with E-state index in [-0.39, 0.29) is 23.5 Å². The molecule has 8 aromatic carbocycles. The maximum absolute atomic E-state index is 8.91. The first-order valence-electron chi connectivity index (χ1n) is 18.2. The highest BCUT2D eigenvalue weighted by Gasteiger charge is 2.22. The van der Waals surface area contributed by atoms with Gasteiger partial charge in [0.25, 0.3) is 0 Å². The number of aromatic nitrogens is 2. The Labute approximate surface area is 280 Å².